The van der Waals surface area contributed by atoms with Crippen molar-refractivity contribution >= 4 is 10.2 Å². The third-order valence-electron chi connectivity index (χ3n) is 1.71. The fourth-order valence-corrected chi connectivity index (χ4v) is 0.773. The minimum Gasteiger partial charge on any atom is -0.103 e. The molecular weight excluding hydrogens is 136 g/mol. The average Bonchev–Trinajstić information content (AvgIpc) is 2.00. The van der Waals surface area contributed by atoms with Gasteiger partial charge in [-0.15, -0.1) is 11.8 Å². The number of hydrogen-bond acceptors (Lipinski definition) is 0. The van der Waals surface area contributed by atoms with Gasteiger partial charge in [-0.3, -0.25) is 0 Å². The minimum absolute atomic E-state index is 0.0794. The van der Waals surface area contributed by atoms with E-state index >= 15 is 0 Å². The molecule has 0 aliphatic heterocycles. The van der Waals surface area contributed by atoms with Crippen molar-refractivity contribution in [3.05, 3.63) is 0 Å². The molecule has 0 heterocycles. The molecule has 0 atom stereocenters. The van der Waals surface area contributed by atoms with Gasteiger partial charge in [0, 0.05) is 21.7 Å². The molecule has 0 unspecified atom stereocenters. The number of rotatable bonds is 2. The van der Waals surface area contributed by atoms with E-state index in [0.717, 1.165) is 19.3 Å². The van der Waals surface area contributed by atoms with Crippen LogP contribution in [0.25, 0.3) is 0 Å². The van der Waals surface area contributed by atoms with Crippen molar-refractivity contribution in [2.24, 2.45) is 0 Å². The highest BCUT2D eigenvalue weighted by molar-refractivity contribution is 6.17. The van der Waals surface area contributed by atoms with E-state index in [-0.39, 0.29) is 5.04 Å². The van der Waals surface area contributed by atoms with Crippen LogP contribution in [0.3, 0.4) is 0 Å². The van der Waals surface area contributed by atoms with Gasteiger partial charge >= 0.3 is 0 Å². The van der Waals surface area contributed by atoms with Gasteiger partial charge in [-0.2, -0.15) is 0 Å². The van der Waals surface area contributed by atoms with Crippen LogP contribution < -0.4 is 0 Å². The van der Waals surface area contributed by atoms with Crippen LogP contribution in [0.2, 0.25) is 5.04 Å². The smallest absolute Gasteiger partial charge is 0.0491 e. The van der Waals surface area contributed by atoms with Gasteiger partial charge in [-0.1, -0.05) is 20.8 Å². The third kappa shape index (κ3) is 3.08. The summed E-state index contributed by atoms with van der Waals surface area (Å²) in [5, 5.41) is 0.0794. The van der Waals surface area contributed by atoms with Crippen LogP contribution in [-0.2, 0) is 0 Å². The summed E-state index contributed by atoms with van der Waals surface area (Å²) >= 11 is 0. The van der Waals surface area contributed by atoms with Crippen molar-refractivity contribution in [1.82, 2.24) is 0 Å². The van der Waals surface area contributed by atoms with E-state index in [1.165, 1.54) is 0 Å². The quantitative estimate of drug-likeness (QED) is 0.420. The molecule has 0 bridgehead atoms. The molecule has 0 saturated heterocycles. The molecule has 55 valence electrons. The average molecular weight is 151 g/mol. The van der Waals surface area contributed by atoms with E-state index in [4.69, 9.17) is 0 Å². The molecule has 0 fully saturated rings. The lowest BCUT2D eigenvalue weighted by molar-refractivity contribution is 0.652. The molecule has 0 spiro atoms. The van der Waals surface area contributed by atoms with E-state index in [1.54, 1.807) is 0 Å². The van der Waals surface area contributed by atoms with Crippen molar-refractivity contribution in [2.45, 2.75) is 45.1 Å². The second-order valence-corrected chi connectivity index (χ2v) is 3.40. The van der Waals surface area contributed by atoms with Gasteiger partial charge in [0.1, 0.15) is 0 Å². The zero-order chi connectivity index (χ0) is 8.04. The summed E-state index contributed by atoms with van der Waals surface area (Å²) in [6.07, 6.45) is 3.10. The zero-order valence-electron chi connectivity index (χ0n) is 7.12. The van der Waals surface area contributed by atoms with Crippen molar-refractivity contribution in [3.63, 3.8) is 0 Å². The Bertz CT molecular complexity index is 135. The Morgan fingerprint density at radius 1 is 1.20 bits per heavy atom. The Kier molecular flexibility index (Phi) is 4.47. The molecule has 1 heteroatoms. The highest BCUT2D eigenvalue weighted by Crippen LogP contribution is 2.28. The first-order valence-electron chi connectivity index (χ1n) is 3.93. The van der Waals surface area contributed by atoms with Gasteiger partial charge < -0.3 is 0 Å². The monoisotopic (exact) mass is 151 g/mol. The third-order valence-corrected chi connectivity index (χ3v) is 2.54. The SMILES string of the molecule is CCC#CC([Si])(CC)CC. The Labute approximate surface area is 67.8 Å². The van der Waals surface area contributed by atoms with Crippen LogP contribution in [-0.4, -0.2) is 10.2 Å². The molecule has 3 radical (unpaired) electrons. The van der Waals surface area contributed by atoms with E-state index in [0.29, 0.717) is 0 Å². The van der Waals surface area contributed by atoms with E-state index < -0.39 is 0 Å². The van der Waals surface area contributed by atoms with Gasteiger partial charge in [0.25, 0.3) is 0 Å². The van der Waals surface area contributed by atoms with Crippen LogP contribution >= 0.6 is 0 Å². The Balaban J connectivity index is 4.05. The topological polar surface area (TPSA) is 0 Å². The lowest BCUT2D eigenvalue weighted by atomic mass is 10.0. The van der Waals surface area contributed by atoms with E-state index in [2.05, 4.69) is 42.9 Å². The summed E-state index contributed by atoms with van der Waals surface area (Å²) < 4.78 is 0. The minimum atomic E-state index is 0.0794. The normalized spacial score (nSPS) is 10.4. The van der Waals surface area contributed by atoms with Crippen LogP contribution in [0.1, 0.15) is 40.0 Å². The van der Waals surface area contributed by atoms with Crippen LogP contribution in [0, 0.1) is 11.8 Å². The highest BCUT2D eigenvalue weighted by atomic mass is 28.1. The van der Waals surface area contributed by atoms with Gasteiger partial charge in [0.2, 0.25) is 0 Å². The molecule has 0 saturated carbocycles. The van der Waals surface area contributed by atoms with Crippen molar-refractivity contribution in [1.29, 1.82) is 0 Å². The van der Waals surface area contributed by atoms with Crippen LogP contribution in [0.5, 0.6) is 0 Å². The maximum absolute atomic E-state index is 3.66. The van der Waals surface area contributed by atoms with Crippen molar-refractivity contribution in [3.8, 4) is 11.8 Å². The molecule has 0 aromatic carbocycles. The lowest BCUT2D eigenvalue weighted by Crippen LogP contribution is -2.06. The predicted octanol–water partition coefficient (Wildman–Crippen LogP) is 2.55. The standard InChI is InChI=1S/C9H15Si/c1-4-7-8-9(10,5-2)6-3/h4-6H2,1-3H3. The fraction of sp³-hybridized carbons (Fsp3) is 0.778. The van der Waals surface area contributed by atoms with E-state index in [1.807, 2.05) is 0 Å². The molecule has 0 N–H and O–H groups in total. The van der Waals surface area contributed by atoms with E-state index in [9.17, 15) is 0 Å². The molecule has 0 aromatic rings. The fourth-order valence-electron chi connectivity index (χ4n) is 0.684. The molecule has 0 nitrogen and oxygen atoms in total. The molecule has 0 amide bonds. The van der Waals surface area contributed by atoms with Crippen molar-refractivity contribution in [2.75, 3.05) is 0 Å². The second-order valence-electron chi connectivity index (χ2n) is 2.44. The summed E-state index contributed by atoms with van der Waals surface area (Å²) in [6, 6.07) is 0. The largest absolute Gasteiger partial charge is 0.103 e. The maximum Gasteiger partial charge on any atom is 0.0491 e. The first-order valence-corrected chi connectivity index (χ1v) is 4.43. The maximum atomic E-state index is 3.66. The Morgan fingerprint density at radius 2 is 1.70 bits per heavy atom. The second kappa shape index (κ2) is 4.57. The predicted molar refractivity (Wildman–Crippen MR) is 47.1 cm³/mol. The summed E-state index contributed by atoms with van der Waals surface area (Å²) in [6.45, 7) is 6.38. The number of hydrogen-bond donors (Lipinski definition) is 0. The summed E-state index contributed by atoms with van der Waals surface area (Å²) in [5.74, 6) is 6.30. The molecule has 0 rings (SSSR count). The Hall–Kier alpha value is -0.223. The summed E-state index contributed by atoms with van der Waals surface area (Å²) in [5.41, 5.74) is 0. The van der Waals surface area contributed by atoms with Crippen LogP contribution in [0.15, 0.2) is 0 Å². The van der Waals surface area contributed by atoms with Gasteiger partial charge in [0.05, 0.1) is 0 Å². The lowest BCUT2D eigenvalue weighted by Gasteiger charge is -2.18. The zero-order valence-corrected chi connectivity index (χ0v) is 8.12. The first kappa shape index (κ1) is 9.78. The molecular formula is C9H15Si. The molecule has 0 aliphatic carbocycles. The van der Waals surface area contributed by atoms with Crippen LogP contribution in [0.4, 0.5) is 0 Å². The van der Waals surface area contributed by atoms with Gasteiger partial charge in [-0.05, 0) is 12.8 Å². The molecule has 0 aliphatic rings. The summed E-state index contributed by atoms with van der Waals surface area (Å²) in [7, 11) is 3.66. The van der Waals surface area contributed by atoms with Gasteiger partial charge in [0.15, 0.2) is 0 Å². The Morgan fingerprint density at radius 3 is 2.00 bits per heavy atom. The first-order chi connectivity index (χ1) is 4.68. The van der Waals surface area contributed by atoms with Gasteiger partial charge in [-0.25, -0.2) is 0 Å². The molecule has 0 aromatic heterocycles. The summed E-state index contributed by atoms with van der Waals surface area (Å²) in [4.78, 5) is 0. The highest BCUT2D eigenvalue weighted by Gasteiger charge is 2.14. The van der Waals surface area contributed by atoms with Crippen molar-refractivity contribution < 1.29 is 0 Å². The molecule has 10 heavy (non-hydrogen) atoms.